The first-order chi connectivity index (χ1) is 14.9. The van der Waals surface area contributed by atoms with Crippen LogP contribution in [0.1, 0.15) is 31.0 Å². The number of halogens is 1. The lowest BCUT2D eigenvalue weighted by molar-refractivity contribution is -0.130. The number of piperidine rings is 1. The highest BCUT2D eigenvalue weighted by Gasteiger charge is 2.22. The predicted octanol–water partition coefficient (Wildman–Crippen LogP) is 3.94. The largest absolute Gasteiger partial charge is 0.490 e. The van der Waals surface area contributed by atoms with E-state index in [0.29, 0.717) is 46.7 Å². The second-order valence-electron chi connectivity index (χ2n) is 7.83. The number of ether oxygens (including phenoxy) is 2. The molecule has 162 valence electrons. The van der Waals surface area contributed by atoms with Crippen molar-refractivity contribution in [2.45, 2.75) is 39.4 Å². The van der Waals surface area contributed by atoms with Gasteiger partial charge in [-0.15, -0.1) is 0 Å². The summed E-state index contributed by atoms with van der Waals surface area (Å²) in [5.74, 6) is 0.988. The normalized spacial score (nSPS) is 14.6. The number of H-pyrrole nitrogens is 1. The van der Waals surface area contributed by atoms with E-state index in [1.165, 1.54) is 12.1 Å². The summed E-state index contributed by atoms with van der Waals surface area (Å²) in [7, 11) is 0. The number of rotatable bonds is 5. The number of carbonyl (C=O) groups excluding carboxylic acids is 1. The van der Waals surface area contributed by atoms with E-state index in [1.54, 1.807) is 19.9 Å². The van der Waals surface area contributed by atoms with Crippen LogP contribution in [0.3, 0.4) is 0 Å². The Hall–Kier alpha value is -3.35. The fourth-order valence-electron chi connectivity index (χ4n) is 3.83. The topological polar surface area (TPSA) is 71.6 Å². The maximum Gasteiger partial charge on any atom is 0.219 e. The first kappa shape index (κ1) is 20.9. The third-order valence-electron chi connectivity index (χ3n) is 5.68. The number of carbonyl (C=O) groups is 1. The maximum atomic E-state index is 13.5. The Morgan fingerprint density at radius 2 is 1.90 bits per heavy atom. The molecule has 1 aliphatic rings. The molecule has 31 heavy (non-hydrogen) atoms. The molecule has 2 aromatic carbocycles. The van der Waals surface area contributed by atoms with Crippen molar-refractivity contribution in [1.29, 1.82) is 0 Å². The van der Waals surface area contributed by atoms with Crippen LogP contribution in [0.15, 0.2) is 47.3 Å². The lowest BCUT2D eigenvalue weighted by Gasteiger charge is -2.31. The Balaban J connectivity index is 1.43. The van der Waals surface area contributed by atoms with E-state index in [4.69, 9.17) is 9.47 Å². The van der Waals surface area contributed by atoms with Crippen LogP contribution >= 0.6 is 0 Å². The van der Waals surface area contributed by atoms with Crippen LogP contribution in [-0.4, -0.2) is 35.0 Å². The molecule has 0 saturated carbocycles. The quantitative estimate of drug-likeness (QED) is 0.673. The van der Waals surface area contributed by atoms with Crippen LogP contribution in [0, 0.1) is 12.7 Å². The number of aromatic nitrogens is 1. The van der Waals surface area contributed by atoms with Crippen LogP contribution in [0.2, 0.25) is 0 Å². The van der Waals surface area contributed by atoms with Crippen molar-refractivity contribution in [2.75, 3.05) is 13.1 Å². The molecule has 0 atom stereocenters. The minimum Gasteiger partial charge on any atom is -0.490 e. The summed E-state index contributed by atoms with van der Waals surface area (Å²) >= 11 is 0. The van der Waals surface area contributed by atoms with Gasteiger partial charge in [-0.1, -0.05) is 6.07 Å². The lowest BCUT2D eigenvalue weighted by atomic mass is 10.1. The number of nitrogens with one attached hydrogen (secondary N) is 1. The summed E-state index contributed by atoms with van der Waals surface area (Å²) in [4.78, 5) is 29.0. The second kappa shape index (κ2) is 8.79. The Bertz CT molecular complexity index is 1170. The van der Waals surface area contributed by atoms with Gasteiger partial charge < -0.3 is 19.4 Å². The molecule has 2 heterocycles. The van der Waals surface area contributed by atoms with Crippen molar-refractivity contribution >= 4 is 16.8 Å². The number of amides is 1. The van der Waals surface area contributed by atoms with Gasteiger partial charge in [0.15, 0.2) is 5.43 Å². The van der Waals surface area contributed by atoms with Crippen molar-refractivity contribution in [3.63, 3.8) is 0 Å². The zero-order chi connectivity index (χ0) is 22.0. The summed E-state index contributed by atoms with van der Waals surface area (Å²) in [6.07, 6.45) is 1.65. The number of fused-ring (bicyclic) bond motifs is 1. The van der Waals surface area contributed by atoms with Crippen molar-refractivity contribution in [2.24, 2.45) is 0 Å². The van der Waals surface area contributed by atoms with E-state index in [1.807, 2.05) is 29.2 Å². The molecule has 1 fully saturated rings. The van der Waals surface area contributed by atoms with Crippen LogP contribution in [0.25, 0.3) is 10.9 Å². The van der Waals surface area contributed by atoms with Gasteiger partial charge in [0.2, 0.25) is 5.91 Å². The van der Waals surface area contributed by atoms with Crippen LogP contribution in [0.4, 0.5) is 4.39 Å². The van der Waals surface area contributed by atoms with Crippen molar-refractivity contribution in [1.82, 2.24) is 9.88 Å². The van der Waals surface area contributed by atoms with Gasteiger partial charge in [0.25, 0.3) is 0 Å². The van der Waals surface area contributed by atoms with Crippen molar-refractivity contribution < 1.29 is 18.7 Å². The smallest absolute Gasteiger partial charge is 0.219 e. The molecular formula is C24H25FN2O4. The Labute approximate surface area is 179 Å². The van der Waals surface area contributed by atoms with Crippen molar-refractivity contribution in [3.05, 3.63) is 69.8 Å². The van der Waals surface area contributed by atoms with Crippen LogP contribution in [0.5, 0.6) is 11.5 Å². The molecule has 1 saturated heterocycles. The monoisotopic (exact) mass is 424 g/mol. The first-order valence-corrected chi connectivity index (χ1v) is 10.4. The van der Waals surface area contributed by atoms with Gasteiger partial charge in [-0.2, -0.15) is 0 Å². The average Bonchev–Trinajstić information content (AvgIpc) is 2.76. The molecular weight excluding hydrogens is 399 g/mol. The molecule has 0 radical (unpaired) electrons. The molecule has 3 aromatic rings. The zero-order valence-electron chi connectivity index (χ0n) is 17.6. The first-order valence-electron chi connectivity index (χ1n) is 10.4. The highest BCUT2D eigenvalue weighted by molar-refractivity contribution is 5.79. The third-order valence-corrected chi connectivity index (χ3v) is 5.68. The van der Waals surface area contributed by atoms with E-state index in [9.17, 15) is 14.0 Å². The van der Waals surface area contributed by atoms with Crippen molar-refractivity contribution in [3.8, 4) is 11.5 Å². The van der Waals surface area contributed by atoms with Gasteiger partial charge >= 0.3 is 0 Å². The fourth-order valence-corrected chi connectivity index (χ4v) is 3.83. The lowest BCUT2D eigenvalue weighted by Crippen LogP contribution is -2.40. The molecule has 7 heteroatoms. The zero-order valence-corrected chi connectivity index (χ0v) is 17.6. The fraction of sp³-hybridized carbons (Fsp3) is 0.333. The summed E-state index contributed by atoms with van der Waals surface area (Å²) in [6, 6.07) is 11.5. The van der Waals surface area contributed by atoms with Gasteiger partial charge in [0, 0.05) is 55.4 Å². The van der Waals surface area contributed by atoms with Gasteiger partial charge in [-0.25, -0.2) is 4.39 Å². The minimum absolute atomic E-state index is 0.0605. The molecule has 0 bridgehead atoms. The highest BCUT2D eigenvalue weighted by Crippen LogP contribution is 2.24. The molecule has 1 aromatic heterocycles. The van der Waals surface area contributed by atoms with Gasteiger partial charge in [0.1, 0.15) is 30.0 Å². The van der Waals surface area contributed by atoms with E-state index < -0.39 is 5.82 Å². The third kappa shape index (κ3) is 4.71. The molecule has 1 N–H and O–H groups in total. The van der Waals surface area contributed by atoms with E-state index in [2.05, 4.69) is 4.98 Å². The molecule has 0 spiro atoms. The number of pyridine rings is 1. The number of benzene rings is 2. The second-order valence-corrected chi connectivity index (χ2v) is 7.83. The number of hydrogen-bond acceptors (Lipinski definition) is 4. The molecule has 1 aliphatic heterocycles. The number of likely N-dealkylation sites (tertiary alicyclic amines) is 1. The molecule has 6 nitrogen and oxygen atoms in total. The number of hydrogen-bond donors (Lipinski definition) is 1. The molecule has 0 unspecified atom stereocenters. The van der Waals surface area contributed by atoms with Gasteiger partial charge in [-0.3, -0.25) is 9.59 Å². The molecule has 1 amide bonds. The Kier molecular flexibility index (Phi) is 5.93. The average molecular weight is 424 g/mol. The predicted molar refractivity (Wildman–Crippen MR) is 116 cm³/mol. The number of nitrogens with zero attached hydrogens (tertiary/aromatic N) is 1. The van der Waals surface area contributed by atoms with Crippen LogP contribution in [-0.2, 0) is 11.4 Å². The Morgan fingerprint density at radius 1 is 1.16 bits per heavy atom. The summed E-state index contributed by atoms with van der Waals surface area (Å²) < 4.78 is 25.5. The van der Waals surface area contributed by atoms with Gasteiger partial charge in [0.05, 0.1) is 5.69 Å². The van der Waals surface area contributed by atoms with E-state index >= 15 is 0 Å². The van der Waals surface area contributed by atoms with E-state index in [-0.39, 0.29) is 24.0 Å². The summed E-state index contributed by atoms with van der Waals surface area (Å²) in [5.41, 5.74) is 1.51. The molecule has 0 aliphatic carbocycles. The SMILES string of the molecule is CC(=O)N1CCC(Oc2cccc(OCc3[nH]c4ccc(F)cc4c(=O)c3C)c2)CC1. The number of aromatic amines is 1. The Morgan fingerprint density at radius 3 is 2.65 bits per heavy atom. The molecule has 4 rings (SSSR count). The van der Waals surface area contributed by atoms with Gasteiger partial charge in [-0.05, 0) is 37.3 Å². The highest BCUT2D eigenvalue weighted by atomic mass is 19.1. The summed E-state index contributed by atoms with van der Waals surface area (Å²) in [6.45, 7) is 4.87. The maximum absolute atomic E-state index is 13.5. The summed E-state index contributed by atoms with van der Waals surface area (Å²) in [5, 5.41) is 0.326. The standard InChI is InChI=1S/C24H25FN2O4/c1-15-23(26-22-7-6-17(25)12-21(22)24(15)29)14-30-19-4-3-5-20(13-19)31-18-8-10-27(11-9-18)16(2)28/h3-7,12-13,18H,8-11,14H2,1-2H3,(H,26,29). The van der Waals surface area contributed by atoms with Crippen LogP contribution < -0.4 is 14.9 Å². The minimum atomic E-state index is -0.440. The van der Waals surface area contributed by atoms with E-state index in [0.717, 1.165) is 12.8 Å².